The third-order valence-electron chi connectivity index (χ3n) is 7.19. The van der Waals surface area contributed by atoms with Crippen LogP contribution in [0.25, 0.3) is 0 Å². The van der Waals surface area contributed by atoms with Crippen molar-refractivity contribution in [3.63, 3.8) is 0 Å². The van der Waals surface area contributed by atoms with E-state index in [1.807, 2.05) is 13.8 Å². The van der Waals surface area contributed by atoms with E-state index in [0.717, 1.165) is 6.42 Å². The smallest absolute Gasteiger partial charge is 0.354 e. The van der Waals surface area contributed by atoms with E-state index in [9.17, 15) is 26.7 Å². The molecular formula is C22H36F5N5O. The molecule has 3 rings (SSSR count). The quantitative estimate of drug-likeness (QED) is 0.273. The van der Waals surface area contributed by atoms with Gasteiger partial charge >= 0.3 is 6.18 Å². The minimum absolute atomic E-state index is 0.0214. The summed E-state index contributed by atoms with van der Waals surface area (Å²) in [7, 11) is 0. The Labute approximate surface area is 191 Å². The maximum Gasteiger partial charge on any atom is 0.391 e. The van der Waals surface area contributed by atoms with Gasteiger partial charge in [0.15, 0.2) is 5.96 Å². The van der Waals surface area contributed by atoms with Crippen LogP contribution in [0.4, 0.5) is 22.0 Å². The van der Waals surface area contributed by atoms with Gasteiger partial charge in [0.25, 0.3) is 0 Å². The first kappa shape index (κ1) is 26.1. The highest BCUT2D eigenvalue weighted by Gasteiger charge is 2.42. The number of aliphatic imine (C=N–C) groups is 1. The fraction of sp³-hybridized carbons (Fsp3) is 0.909. The van der Waals surface area contributed by atoms with Gasteiger partial charge < -0.3 is 5.32 Å². The standard InChI is InChI=1S/C22H36F5N5O/c1-3-12(2)28-21(30-20(33)13-4-6-15(7-5-13)22(25,26)27)29-19-11-18(31-32-19)14-8-16(23)10-17(24)9-14/h12-19,31-32H,3-11H2,1-2H3,(H2,28,29,30,33). The van der Waals surface area contributed by atoms with E-state index in [2.05, 4.69) is 26.5 Å². The number of alkyl halides is 5. The fourth-order valence-electron chi connectivity index (χ4n) is 5.01. The summed E-state index contributed by atoms with van der Waals surface area (Å²) in [6, 6.07) is -0.109. The van der Waals surface area contributed by atoms with Crippen molar-refractivity contribution in [2.45, 2.75) is 108 Å². The first-order valence-electron chi connectivity index (χ1n) is 12.1. The second kappa shape index (κ2) is 11.3. The molecule has 2 aliphatic carbocycles. The third kappa shape index (κ3) is 7.50. The predicted molar refractivity (Wildman–Crippen MR) is 116 cm³/mol. The van der Waals surface area contributed by atoms with E-state index >= 15 is 0 Å². The molecule has 33 heavy (non-hydrogen) atoms. The van der Waals surface area contributed by atoms with E-state index in [1.54, 1.807) is 0 Å². The first-order chi connectivity index (χ1) is 15.5. The van der Waals surface area contributed by atoms with Crippen LogP contribution in [0.3, 0.4) is 0 Å². The average molecular weight is 482 g/mol. The molecule has 0 aromatic rings. The van der Waals surface area contributed by atoms with Crippen LogP contribution in [0, 0.1) is 17.8 Å². The summed E-state index contributed by atoms with van der Waals surface area (Å²) in [6.07, 6.45) is -4.74. The number of hydrogen-bond donors (Lipinski definition) is 4. The number of rotatable bonds is 5. The first-order valence-corrected chi connectivity index (χ1v) is 12.1. The molecule has 1 saturated heterocycles. The summed E-state index contributed by atoms with van der Waals surface area (Å²) in [5.41, 5.74) is 6.12. The molecule has 6 nitrogen and oxygen atoms in total. The third-order valence-corrected chi connectivity index (χ3v) is 7.19. The summed E-state index contributed by atoms with van der Waals surface area (Å²) < 4.78 is 66.3. The molecule has 190 valence electrons. The van der Waals surface area contributed by atoms with Crippen LogP contribution in [0.5, 0.6) is 0 Å². The van der Waals surface area contributed by atoms with Crippen LogP contribution >= 0.6 is 0 Å². The minimum Gasteiger partial charge on any atom is -0.354 e. The minimum atomic E-state index is -4.22. The number of hydrazine groups is 1. The van der Waals surface area contributed by atoms with Gasteiger partial charge in [-0.05, 0) is 57.8 Å². The normalized spacial score (nSPS) is 36.9. The van der Waals surface area contributed by atoms with E-state index in [-0.39, 0.29) is 62.0 Å². The van der Waals surface area contributed by atoms with Gasteiger partial charge in [-0.25, -0.2) is 19.2 Å². The van der Waals surface area contributed by atoms with Crippen LogP contribution in [0.1, 0.15) is 71.6 Å². The zero-order valence-electron chi connectivity index (χ0n) is 19.2. The fourth-order valence-corrected chi connectivity index (χ4v) is 5.01. The van der Waals surface area contributed by atoms with Gasteiger partial charge in [0.1, 0.15) is 18.5 Å². The number of carbonyl (C=O) groups is 1. The number of halogens is 5. The Balaban J connectivity index is 1.58. The van der Waals surface area contributed by atoms with Crippen LogP contribution in [0.15, 0.2) is 4.99 Å². The monoisotopic (exact) mass is 481 g/mol. The van der Waals surface area contributed by atoms with Crippen molar-refractivity contribution in [2.24, 2.45) is 22.7 Å². The van der Waals surface area contributed by atoms with Gasteiger partial charge in [0.2, 0.25) is 5.91 Å². The Kier molecular flexibility index (Phi) is 8.94. The van der Waals surface area contributed by atoms with Crippen molar-refractivity contribution >= 4 is 11.9 Å². The number of nitrogens with one attached hydrogen (secondary N) is 4. The van der Waals surface area contributed by atoms with Crippen LogP contribution < -0.4 is 21.5 Å². The average Bonchev–Trinajstić information content (AvgIpc) is 3.21. The molecular weight excluding hydrogens is 445 g/mol. The molecule has 1 aliphatic heterocycles. The number of guanidine groups is 1. The summed E-state index contributed by atoms with van der Waals surface area (Å²) in [6.45, 7) is 3.91. The van der Waals surface area contributed by atoms with Crippen LogP contribution in [-0.4, -0.2) is 48.6 Å². The highest BCUT2D eigenvalue weighted by Crippen LogP contribution is 2.39. The number of carbonyl (C=O) groups excluding carboxylic acids is 1. The highest BCUT2D eigenvalue weighted by atomic mass is 19.4. The van der Waals surface area contributed by atoms with Crippen LogP contribution in [-0.2, 0) is 4.79 Å². The number of hydrogen-bond acceptors (Lipinski definition) is 4. The molecule has 5 atom stereocenters. The molecule has 0 bridgehead atoms. The second-order valence-corrected chi connectivity index (χ2v) is 9.82. The lowest BCUT2D eigenvalue weighted by Crippen LogP contribution is -2.48. The summed E-state index contributed by atoms with van der Waals surface area (Å²) in [5, 5.41) is 5.93. The lowest BCUT2D eigenvalue weighted by atomic mass is 9.81. The maximum atomic E-state index is 13.8. The Morgan fingerprint density at radius 2 is 1.67 bits per heavy atom. The van der Waals surface area contributed by atoms with Crippen molar-refractivity contribution in [1.29, 1.82) is 0 Å². The number of nitrogens with zero attached hydrogens (tertiary/aromatic N) is 1. The highest BCUT2D eigenvalue weighted by molar-refractivity contribution is 5.98. The van der Waals surface area contributed by atoms with Crippen molar-refractivity contribution in [3.05, 3.63) is 0 Å². The summed E-state index contributed by atoms with van der Waals surface area (Å²) in [5.74, 6) is -2.03. The zero-order chi connectivity index (χ0) is 24.2. The van der Waals surface area contributed by atoms with Crippen LogP contribution in [0.2, 0.25) is 0 Å². The van der Waals surface area contributed by atoms with Gasteiger partial charge in [-0.2, -0.15) is 13.2 Å². The molecule has 0 aromatic heterocycles. The molecule has 3 aliphatic rings. The molecule has 0 radical (unpaired) electrons. The SMILES string of the molecule is CCC(C)N/C(=N\C1CC(C2CC(F)CC(F)C2)NN1)NC(=O)C1CCC(C(F)(F)F)CC1. The topological polar surface area (TPSA) is 77.6 Å². The van der Waals surface area contributed by atoms with E-state index < -0.39 is 36.5 Å². The lowest BCUT2D eigenvalue weighted by molar-refractivity contribution is -0.184. The Bertz CT molecular complexity index is 673. The summed E-state index contributed by atoms with van der Waals surface area (Å²) >= 11 is 0. The molecule has 1 amide bonds. The predicted octanol–water partition coefficient (Wildman–Crippen LogP) is 3.88. The van der Waals surface area contributed by atoms with Gasteiger partial charge in [-0.3, -0.25) is 15.5 Å². The largest absolute Gasteiger partial charge is 0.391 e. The van der Waals surface area contributed by atoms with E-state index in [4.69, 9.17) is 0 Å². The lowest BCUT2D eigenvalue weighted by Gasteiger charge is -2.31. The zero-order valence-corrected chi connectivity index (χ0v) is 19.2. The molecule has 3 fully saturated rings. The van der Waals surface area contributed by atoms with E-state index in [1.165, 1.54) is 0 Å². The second-order valence-electron chi connectivity index (χ2n) is 9.82. The maximum absolute atomic E-state index is 13.8. The van der Waals surface area contributed by atoms with Crippen molar-refractivity contribution < 1.29 is 26.7 Å². The Morgan fingerprint density at radius 3 is 2.24 bits per heavy atom. The molecule has 2 saturated carbocycles. The van der Waals surface area contributed by atoms with Crippen molar-refractivity contribution in [1.82, 2.24) is 21.5 Å². The van der Waals surface area contributed by atoms with Gasteiger partial charge in [-0.15, -0.1) is 0 Å². The Hall–Kier alpha value is -1.49. The van der Waals surface area contributed by atoms with E-state index in [0.29, 0.717) is 19.3 Å². The molecule has 0 spiro atoms. The van der Waals surface area contributed by atoms with Crippen molar-refractivity contribution in [3.8, 4) is 0 Å². The molecule has 5 unspecified atom stereocenters. The molecule has 0 aromatic carbocycles. The van der Waals surface area contributed by atoms with Gasteiger partial charge in [-0.1, -0.05) is 6.92 Å². The molecule has 11 heteroatoms. The Morgan fingerprint density at radius 1 is 1.03 bits per heavy atom. The van der Waals surface area contributed by atoms with Crippen molar-refractivity contribution in [2.75, 3.05) is 0 Å². The molecule has 1 heterocycles. The van der Waals surface area contributed by atoms with Gasteiger partial charge in [0.05, 0.1) is 5.92 Å². The van der Waals surface area contributed by atoms with Gasteiger partial charge in [0, 0.05) is 30.8 Å². The molecule has 4 N–H and O–H groups in total. The number of amides is 1. The summed E-state index contributed by atoms with van der Waals surface area (Å²) in [4.78, 5) is 17.3.